The summed E-state index contributed by atoms with van der Waals surface area (Å²) in [4.78, 5) is 4.48. The number of rotatable bonds is 6. The van der Waals surface area contributed by atoms with Gasteiger partial charge in [-0.3, -0.25) is 9.80 Å². The molecule has 1 aliphatic rings. The van der Waals surface area contributed by atoms with Crippen LogP contribution in [0.3, 0.4) is 0 Å². The van der Waals surface area contributed by atoms with Crippen LogP contribution in [-0.4, -0.2) is 66.9 Å². The average molecular weight is 309 g/mol. The van der Waals surface area contributed by atoms with E-state index in [0.29, 0.717) is 18.1 Å². The lowest BCUT2D eigenvalue weighted by atomic mass is 10.2. The van der Waals surface area contributed by atoms with E-state index in [1.54, 1.807) is 24.3 Å². The van der Waals surface area contributed by atoms with Crippen molar-refractivity contribution in [3.05, 3.63) is 29.3 Å². The molecule has 0 aliphatic carbocycles. The minimum absolute atomic E-state index is 0.284. The van der Waals surface area contributed by atoms with E-state index in [0.717, 1.165) is 31.9 Å². The number of aliphatic hydroxyl groups is 1. The van der Waals surface area contributed by atoms with Crippen LogP contribution in [-0.2, 0) is 0 Å². The number of ether oxygens (including phenoxy) is 1. The van der Waals surface area contributed by atoms with E-state index in [4.69, 9.17) is 22.8 Å². The largest absolute Gasteiger partial charge is 0.491 e. The fraction of sp³-hybridized carbons (Fsp3) is 0.500. The van der Waals surface area contributed by atoms with Crippen LogP contribution < -0.4 is 4.74 Å². The Labute approximate surface area is 131 Å². The van der Waals surface area contributed by atoms with E-state index >= 15 is 0 Å². The molecular formula is C16H21ClN2O2. The Morgan fingerprint density at radius 1 is 1.19 bits per heavy atom. The van der Waals surface area contributed by atoms with Crippen molar-refractivity contribution in [1.29, 1.82) is 0 Å². The number of terminal acetylenes is 1. The molecule has 0 amide bonds. The first-order chi connectivity index (χ1) is 10.2. The summed E-state index contributed by atoms with van der Waals surface area (Å²) in [5.41, 5.74) is 0. The van der Waals surface area contributed by atoms with E-state index in [1.165, 1.54) is 0 Å². The number of hydrogen-bond acceptors (Lipinski definition) is 4. The third-order valence-electron chi connectivity index (χ3n) is 3.50. The zero-order valence-corrected chi connectivity index (χ0v) is 12.8. The molecule has 0 radical (unpaired) electrons. The Balaban J connectivity index is 1.67. The molecule has 5 heteroatoms. The van der Waals surface area contributed by atoms with E-state index in [-0.39, 0.29) is 6.61 Å². The number of nitrogens with zero attached hydrogens (tertiary/aromatic N) is 2. The molecule has 1 heterocycles. The Bertz CT molecular complexity index is 464. The maximum absolute atomic E-state index is 10.0. The van der Waals surface area contributed by atoms with Gasteiger partial charge in [0.05, 0.1) is 6.54 Å². The zero-order chi connectivity index (χ0) is 15.1. The van der Waals surface area contributed by atoms with E-state index < -0.39 is 6.10 Å². The van der Waals surface area contributed by atoms with Crippen LogP contribution in [0.5, 0.6) is 5.75 Å². The zero-order valence-electron chi connectivity index (χ0n) is 12.0. The molecule has 2 rings (SSSR count). The van der Waals surface area contributed by atoms with Gasteiger partial charge in [-0.2, -0.15) is 0 Å². The predicted octanol–water partition coefficient (Wildman–Crippen LogP) is 1.33. The van der Waals surface area contributed by atoms with Gasteiger partial charge in [-0.1, -0.05) is 17.5 Å². The molecule has 4 nitrogen and oxygen atoms in total. The normalized spacial score (nSPS) is 18.1. The maximum atomic E-state index is 10.0. The van der Waals surface area contributed by atoms with Gasteiger partial charge in [-0.05, 0) is 24.3 Å². The van der Waals surface area contributed by atoms with Crippen molar-refractivity contribution in [1.82, 2.24) is 9.80 Å². The van der Waals surface area contributed by atoms with Crippen LogP contribution in [0.15, 0.2) is 24.3 Å². The van der Waals surface area contributed by atoms with Crippen LogP contribution in [0.25, 0.3) is 0 Å². The fourth-order valence-corrected chi connectivity index (χ4v) is 2.46. The average Bonchev–Trinajstić information content (AvgIpc) is 2.49. The van der Waals surface area contributed by atoms with E-state index in [9.17, 15) is 5.11 Å². The van der Waals surface area contributed by atoms with Gasteiger partial charge in [-0.25, -0.2) is 0 Å². The summed E-state index contributed by atoms with van der Waals surface area (Å²) >= 11 is 5.81. The highest BCUT2D eigenvalue weighted by Crippen LogP contribution is 2.15. The van der Waals surface area contributed by atoms with Gasteiger partial charge in [0, 0.05) is 37.7 Å². The van der Waals surface area contributed by atoms with Gasteiger partial charge < -0.3 is 9.84 Å². The molecular weight excluding hydrogens is 288 g/mol. The predicted molar refractivity (Wildman–Crippen MR) is 84.7 cm³/mol. The molecule has 0 spiro atoms. The van der Waals surface area contributed by atoms with Gasteiger partial charge >= 0.3 is 0 Å². The van der Waals surface area contributed by atoms with E-state index in [2.05, 4.69) is 15.7 Å². The molecule has 1 saturated heterocycles. The maximum Gasteiger partial charge on any atom is 0.119 e. The van der Waals surface area contributed by atoms with Crippen molar-refractivity contribution in [2.75, 3.05) is 45.9 Å². The minimum atomic E-state index is -0.500. The van der Waals surface area contributed by atoms with Crippen LogP contribution in [0.2, 0.25) is 5.02 Å². The molecule has 21 heavy (non-hydrogen) atoms. The summed E-state index contributed by atoms with van der Waals surface area (Å²) in [7, 11) is 0. The molecule has 1 aromatic rings. The lowest BCUT2D eigenvalue weighted by Gasteiger charge is -2.34. The van der Waals surface area contributed by atoms with Crippen LogP contribution in [0, 0.1) is 12.3 Å². The highest BCUT2D eigenvalue weighted by molar-refractivity contribution is 6.30. The molecule has 0 aromatic heterocycles. The second-order valence-electron chi connectivity index (χ2n) is 5.20. The molecule has 1 atom stereocenters. The fourth-order valence-electron chi connectivity index (χ4n) is 2.33. The molecule has 1 aromatic carbocycles. The summed E-state index contributed by atoms with van der Waals surface area (Å²) < 4.78 is 5.55. The quantitative estimate of drug-likeness (QED) is 0.804. The first kappa shape index (κ1) is 16.1. The third-order valence-corrected chi connectivity index (χ3v) is 3.76. The van der Waals surface area contributed by atoms with Crippen LogP contribution >= 0.6 is 11.6 Å². The van der Waals surface area contributed by atoms with Gasteiger partial charge in [0.15, 0.2) is 0 Å². The van der Waals surface area contributed by atoms with Crippen molar-refractivity contribution in [3.63, 3.8) is 0 Å². The highest BCUT2D eigenvalue weighted by atomic mass is 35.5. The smallest absolute Gasteiger partial charge is 0.119 e. The molecule has 0 saturated carbocycles. The van der Waals surface area contributed by atoms with Gasteiger partial charge in [0.2, 0.25) is 0 Å². The number of halogens is 1. The van der Waals surface area contributed by atoms with Crippen LogP contribution in [0.4, 0.5) is 0 Å². The van der Waals surface area contributed by atoms with Gasteiger partial charge in [0.1, 0.15) is 18.5 Å². The van der Waals surface area contributed by atoms with E-state index in [1.807, 2.05) is 0 Å². The molecule has 1 N–H and O–H groups in total. The summed E-state index contributed by atoms with van der Waals surface area (Å²) in [5, 5.41) is 10.7. The Kier molecular flexibility index (Phi) is 6.34. The standard InChI is InChI=1S/C16H21ClN2O2/c1-2-7-18-8-10-19(11-9-18)12-15(20)13-21-16-5-3-14(17)4-6-16/h1,3-6,15,20H,7-13H2. The highest BCUT2D eigenvalue weighted by Gasteiger charge is 2.18. The van der Waals surface area contributed by atoms with Crippen molar-refractivity contribution in [2.24, 2.45) is 0 Å². The van der Waals surface area contributed by atoms with Crippen molar-refractivity contribution >= 4 is 11.6 Å². The van der Waals surface area contributed by atoms with Gasteiger partial charge in [-0.15, -0.1) is 6.42 Å². The topological polar surface area (TPSA) is 35.9 Å². The molecule has 0 bridgehead atoms. The lowest BCUT2D eigenvalue weighted by Crippen LogP contribution is -2.49. The molecule has 1 aliphatic heterocycles. The number of piperazine rings is 1. The first-order valence-electron chi connectivity index (χ1n) is 7.12. The van der Waals surface area contributed by atoms with Crippen LogP contribution in [0.1, 0.15) is 0 Å². The lowest BCUT2D eigenvalue weighted by molar-refractivity contribution is 0.0485. The van der Waals surface area contributed by atoms with Crippen molar-refractivity contribution in [3.8, 4) is 18.1 Å². The number of aliphatic hydroxyl groups excluding tert-OH is 1. The van der Waals surface area contributed by atoms with Crippen molar-refractivity contribution in [2.45, 2.75) is 6.10 Å². The third kappa shape index (κ3) is 5.56. The minimum Gasteiger partial charge on any atom is -0.491 e. The SMILES string of the molecule is C#CCN1CCN(CC(O)COc2ccc(Cl)cc2)CC1. The molecule has 1 unspecified atom stereocenters. The summed E-state index contributed by atoms with van der Waals surface area (Å²) in [5.74, 6) is 3.38. The number of benzene rings is 1. The second-order valence-corrected chi connectivity index (χ2v) is 5.64. The monoisotopic (exact) mass is 308 g/mol. The molecule has 114 valence electrons. The van der Waals surface area contributed by atoms with Crippen molar-refractivity contribution < 1.29 is 9.84 Å². The first-order valence-corrected chi connectivity index (χ1v) is 7.50. The number of β-amino-alcohol motifs (C(OH)–C–C–N with tert-alkyl or cyclic N) is 1. The summed E-state index contributed by atoms with van der Waals surface area (Å²) in [6.45, 7) is 5.38. The second kappa shape index (κ2) is 8.26. The summed E-state index contributed by atoms with van der Waals surface area (Å²) in [6.07, 6.45) is 4.81. The molecule has 1 fully saturated rings. The Hall–Kier alpha value is -1.25. The van der Waals surface area contributed by atoms with Gasteiger partial charge in [0.25, 0.3) is 0 Å². The Morgan fingerprint density at radius 3 is 2.43 bits per heavy atom. The summed E-state index contributed by atoms with van der Waals surface area (Å²) in [6, 6.07) is 7.14. The number of hydrogen-bond donors (Lipinski definition) is 1. The Morgan fingerprint density at radius 2 is 1.81 bits per heavy atom.